The van der Waals surface area contributed by atoms with Gasteiger partial charge in [0, 0.05) is 37.0 Å². The highest BCUT2D eigenvalue weighted by atomic mass is 16.5. The van der Waals surface area contributed by atoms with Crippen molar-refractivity contribution in [1.29, 1.82) is 0 Å². The maximum Gasteiger partial charge on any atom is 0.407 e. The number of aromatic nitrogens is 2. The normalized spacial score (nSPS) is 20.4. The summed E-state index contributed by atoms with van der Waals surface area (Å²) in [6, 6.07) is 7.75. The number of hydrogen-bond acceptors (Lipinski definition) is 8. The van der Waals surface area contributed by atoms with Crippen molar-refractivity contribution in [2.24, 2.45) is 16.8 Å². The van der Waals surface area contributed by atoms with Crippen molar-refractivity contribution in [2.75, 3.05) is 27.3 Å². The van der Waals surface area contributed by atoms with Gasteiger partial charge in [-0.2, -0.15) is 0 Å². The minimum atomic E-state index is -0.678. The summed E-state index contributed by atoms with van der Waals surface area (Å²) >= 11 is 0. The fourth-order valence-corrected chi connectivity index (χ4v) is 9.77. The number of nitrogens with one attached hydrogen (secondary N) is 3. The molecule has 5 aliphatic rings. The average Bonchev–Trinajstić information content (AvgIpc) is 4.06. The molecule has 4 amide bonds. The molecule has 2 saturated heterocycles. The topological polar surface area (TPSA) is 158 Å². The summed E-state index contributed by atoms with van der Waals surface area (Å²) in [7, 11) is 2.62. The Hall–Kier alpha value is -5.46. The standard InChI is InChI=1S/C45H55N7O6/c1-24(2)39(49-44(55)57-5)42(53)51-15-7-9-35(51)33-21-32(22-46-33)30-17-26-11-13-28-19-31(20-29-14-12-27(18-30)37(26)38(28)29)34-23-47-41(48-34)36-10-8-16-52(36)43(54)40(25(3)4)50-45(56)58-6/h17-20,22-25,35-36,39-40H,7-16,21H2,1-6H3,(H,47,48)(H,49,55)(H,50,56)/t35-,36-,39-,40-/m0/s1. The Bertz CT molecular complexity index is 2150. The smallest absolute Gasteiger partial charge is 0.407 e. The van der Waals surface area contributed by atoms with E-state index in [1.165, 1.54) is 58.7 Å². The van der Waals surface area contributed by atoms with Crippen LogP contribution in [0.4, 0.5) is 9.59 Å². The van der Waals surface area contributed by atoms with E-state index in [1.54, 1.807) is 0 Å². The van der Waals surface area contributed by atoms with Crippen molar-refractivity contribution in [3.8, 4) is 22.4 Å². The SMILES string of the molecule is COC(=O)N[C@H](C(=O)N1CCC[C@H]1C1=NC=C(c2cc3c4c(c2)CCc2cc(-c5cnc([C@@H]6CCCN6C(=O)[C@@H](NC(=O)OC)C(C)C)[nH]5)cc(c2-4)CC3)C1)C(C)C. The highest BCUT2D eigenvalue weighted by Gasteiger charge is 2.40. The Morgan fingerprint density at radius 3 is 1.71 bits per heavy atom. The highest BCUT2D eigenvalue weighted by molar-refractivity contribution is 6.04. The Morgan fingerprint density at radius 1 is 0.724 bits per heavy atom. The van der Waals surface area contributed by atoms with Gasteiger partial charge in [0.25, 0.3) is 0 Å². The number of likely N-dealkylation sites (tertiary alicyclic amines) is 2. The fraction of sp³-hybridized carbons (Fsp3) is 0.511. The molecule has 3 aliphatic heterocycles. The van der Waals surface area contributed by atoms with Crippen LogP contribution in [0.2, 0.25) is 0 Å². The summed E-state index contributed by atoms with van der Waals surface area (Å²) < 4.78 is 9.60. The zero-order valence-corrected chi connectivity index (χ0v) is 34.4. The van der Waals surface area contributed by atoms with Gasteiger partial charge in [-0.3, -0.25) is 14.6 Å². The first-order valence-corrected chi connectivity index (χ1v) is 20.9. The van der Waals surface area contributed by atoms with Gasteiger partial charge in [-0.15, -0.1) is 0 Å². The molecule has 0 radical (unpaired) electrons. The lowest BCUT2D eigenvalue weighted by Crippen LogP contribution is -2.53. The van der Waals surface area contributed by atoms with Crippen molar-refractivity contribution in [2.45, 2.75) is 110 Å². The number of carbonyl (C=O) groups excluding carboxylic acids is 4. The summed E-state index contributed by atoms with van der Waals surface area (Å²) in [5.74, 6) is 0.392. The Labute approximate surface area is 340 Å². The van der Waals surface area contributed by atoms with Gasteiger partial charge in [0.1, 0.15) is 17.9 Å². The van der Waals surface area contributed by atoms with E-state index in [1.807, 2.05) is 49.9 Å². The number of allylic oxidation sites excluding steroid dienone is 1. The summed E-state index contributed by atoms with van der Waals surface area (Å²) in [4.78, 5) is 68.6. The number of hydrogen-bond donors (Lipinski definition) is 3. The van der Waals surface area contributed by atoms with Crippen LogP contribution in [0.5, 0.6) is 0 Å². The van der Waals surface area contributed by atoms with Crippen LogP contribution in [0.15, 0.2) is 41.7 Å². The van der Waals surface area contributed by atoms with E-state index in [0.29, 0.717) is 19.5 Å². The number of alkyl carbamates (subject to hydrolysis) is 2. The molecule has 306 valence electrons. The third-order valence-corrected chi connectivity index (χ3v) is 12.8. The predicted molar refractivity (Wildman–Crippen MR) is 221 cm³/mol. The number of methoxy groups -OCH3 is 2. The molecule has 2 aliphatic carbocycles. The molecule has 3 N–H and O–H groups in total. The second-order valence-electron chi connectivity index (χ2n) is 17.1. The molecule has 2 aromatic carbocycles. The molecular weight excluding hydrogens is 735 g/mol. The lowest BCUT2D eigenvalue weighted by atomic mass is 9.73. The first-order chi connectivity index (χ1) is 27.9. The van der Waals surface area contributed by atoms with Gasteiger partial charge in [0.05, 0.1) is 38.2 Å². The number of amides is 4. The zero-order chi connectivity index (χ0) is 40.8. The Kier molecular flexibility index (Phi) is 10.9. The number of H-pyrrole nitrogens is 1. The minimum absolute atomic E-state index is 0.0791. The Balaban J connectivity index is 0.983. The number of imidazole rings is 1. The molecule has 0 bridgehead atoms. The lowest BCUT2D eigenvalue weighted by Gasteiger charge is -2.31. The van der Waals surface area contributed by atoms with Gasteiger partial charge in [-0.1, -0.05) is 39.8 Å². The number of rotatable bonds is 10. The average molecular weight is 790 g/mol. The van der Waals surface area contributed by atoms with E-state index < -0.39 is 24.3 Å². The van der Waals surface area contributed by atoms with Crippen molar-refractivity contribution >= 4 is 35.3 Å². The van der Waals surface area contributed by atoms with Crippen LogP contribution in [0, 0.1) is 11.8 Å². The van der Waals surface area contributed by atoms with Crippen molar-refractivity contribution in [3.63, 3.8) is 0 Å². The molecule has 8 rings (SSSR count). The summed E-state index contributed by atoms with van der Waals surface area (Å²) in [6.45, 7) is 8.97. The summed E-state index contributed by atoms with van der Waals surface area (Å²) in [5.41, 5.74) is 13.7. The monoisotopic (exact) mass is 789 g/mol. The number of aliphatic imine (C=N–C) groups is 1. The maximum absolute atomic E-state index is 13.7. The van der Waals surface area contributed by atoms with Crippen LogP contribution in [0.25, 0.3) is 28.0 Å². The van der Waals surface area contributed by atoms with Gasteiger partial charge in [-0.25, -0.2) is 14.6 Å². The van der Waals surface area contributed by atoms with Crippen molar-refractivity contribution in [1.82, 2.24) is 30.4 Å². The quantitative estimate of drug-likeness (QED) is 0.210. The van der Waals surface area contributed by atoms with Crippen LogP contribution in [-0.2, 0) is 44.7 Å². The molecule has 58 heavy (non-hydrogen) atoms. The number of benzene rings is 2. The Morgan fingerprint density at radius 2 is 1.21 bits per heavy atom. The first kappa shape index (κ1) is 39.4. The highest BCUT2D eigenvalue weighted by Crippen LogP contribution is 2.46. The van der Waals surface area contributed by atoms with Crippen LogP contribution >= 0.6 is 0 Å². The van der Waals surface area contributed by atoms with E-state index in [2.05, 4.69) is 39.9 Å². The van der Waals surface area contributed by atoms with E-state index in [4.69, 9.17) is 19.5 Å². The number of carbonyl (C=O) groups is 4. The van der Waals surface area contributed by atoms with E-state index >= 15 is 0 Å². The van der Waals surface area contributed by atoms with Crippen molar-refractivity contribution in [3.05, 3.63) is 70.3 Å². The third kappa shape index (κ3) is 7.28. The maximum atomic E-state index is 13.7. The van der Waals surface area contributed by atoms with E-state index in [-0.39, 0.29) is 35.7 Å². The van der Waals surface area contributed by atoms with Crippen LogP contribution in [-0.4, -0.2) is 94.9 Å². The molecule has 3 aromatic rings. The number of nitrogens with zero attached hydrogens (tertiary/aromatic N) is 4. The lowest BCUT2D eigenvalue weighted by molar-refractivity contribution is -0.135. The van der Waals surface area contributed by atoms with Gasteiger partial charge in [0.15, 0.2) is 0 Å². The van der Waals surface area contributed by atoms with E-state index in [9.17, 15) is 19.2 Å². The molecule has 2 fully saturated rings. The van der Waals surface area contributed by atoms with Crippen LogP contribution in [0.1, 0.15) is 99.5 Å². The van der Waals surface area contributed by atoms with Gasteiger partial charge < -0.3 is 34.9 Å². The molecular formula is C45H55N7O6. The summed E-state index contributed by atoms with van der Waals surface area (Å²) in [6.07, 6.45) is 10.6. The molecule has 0 unspecified atom stereocenters. The van der Waals surface area contributed by atoms with Crippen LogP contribution < -0.4 is 10.6 Å². The van der Waals surface area contributed by atoms with Crippen LogP contribution in [0.3, 0.4) is 0 Å². The molecule has 13 nitrogen and oxygen atoms in total. The van der Waals surface area contributed by atoms with E-state index in [0.717, 1.165) is 74.2 Å². The molecule has 4 heterocycles. The number of aromatic amines is 1. The molecule has 0 saturated carbocycles. The third-order valence-electron chi connectivity index (χ3n) is 12.8. The first-order valence-electron chi connectivity index (χ1n) is 20.9. The second kappa shape index (κ2) is 16.1. The number of aryl methyl sites for hydroxylation is 4. The van der Waals surface area contributed by atoms with Crippen molar-refractivity contribution < 1.29 is 28.7 Å². The second-order valence-corrected chi connectivity index (χ2v) is 17.1. The van der Waals surface area contributed by atoms with Gasteiger partial charge in [0.2, 0.25) is 11.8 Å². The zero-order valence-electron chi connectivity index (χ0n) is 34.4. The molecule has 4 atom stereocenters. The fourth-order valence-electron chi connectivity index (χ4n) is 9.77. The van der Waals surface area contributed by atoms with Gasteiger partial charge >= 0.3 is 12.2 Å². The largest absolute Gasteiger partial charge is 0.453 e. The minimum Gasteiger partial charge on any atom is -0.453 e. The molecule has 0 spiro atoms. The van der Waals surface area contributed by atoms with Gasteiger partial charge in [-0.05, 0) is 120 Å². The molecule has 13 heteroatoms. The molecule has 1 aromatic heterocycles. The summed E-state index contributed by atoms with van der Waals surface area (Å²) in [5, 5.41) is 5.48. The number of ether oxygens (including phenoxy) is 2. The predicted octanol–water partition coefficient (Wildman–Crippen LogP) is 6.54.